The first kappa shape index (κ1) is 36.4. The number of aliphatic carboxylic acids is 2. The molecule has 0 aliphatic carbocycles. The fourth-order valence-corrected chi connectivity index (χ4v) is 8.79. The van der Waals surface area contributed by atoms with E-state index in [2.05, 4.69) is 113 Å². The van der Waals surface area contributed by atoms with Crippen LogP contribution in [0.5, 0.6) is 40.2 Å². The highest BCUT2D eigenvalue weighted by molar-refractivity contribution is 14.1. The Bertz CT molecular complexity index is 1720. The Hall–Kier alpha value is -1.41. The topological polar surface area (TPSA) is 175 Å². The van der Waals surface area contributed by atoms with Crippen molar-refractivity contribution < 1.29 is 39.1 Å². The van der Waals surface area contributed by atoms with E-state index >= 15 is 0 Å². The number of hydrogen-bond donors (Lipinski definition) is 5. The van der Waals surface area contributed by atoms with E-state index in [-0.39, 0.29) is 24.3 Å². The van der Waals surface area contributed by atoms with E-state index in [9.17, 15) is 14.7 Å². The van der Waals surface area contributed by atoms with Crippen LogP contribution in [0, 0.1) is 17.9 Å². The second-order valence-electron chi connectivity index (χ2n) is 9.60. The quantitative estimate of drug-likeness (QED) is 0.0885. The molecule has 0 fully saturated rings. The predicted octanol–water partition coefficient (Wildman–Crippen LogP) is 7.70. The van der Waals surface area contributed by atoms with Crippen LogP contribution in [0.4, 0.5) is 0 Å². The van der Waals surface area contributed by atoms with E-state index in [0.717, 1.165) is 29.0 Å². The molecule has 0 bridgehead atoms. The van der Waals surface area contributed by atoms with E-state index < -0.39 is 24.0 Å². The van der Waals surface area contributed by atoms with Gasteiger partial charge in [0.1, 0.15) is 29.3 Å². The number of benzene rings is 4. The van der Waals surface area contributed by atoms with Crippen LogP contribution in [-0.4, -0.2) is 39.3 Å². The summed E-state index contributed by atoms with van der Waals surface area (Å²) in [7, 11) is 0. The van der Waals surface area contributed by atoms with Crippen LogP contribution in [0.2, 0.25) is 0 Å². The molecule has 45 heavy (non-hydrogen) atoms. The zero-order valence-corrected chi connectivity index (χ0v) is 33.6. The molecule has 0 amide bonds. The molecule has 0 saturated heterocycles. The first-order chi connectivity index (χ1) is 21.2. The van der Waals surface area contributed by atoms with Crippen molar-refractivity contribution >= 4 is 125 Å². The molecule has 0 radical (unpaired) electrons. The van der Waals surface area contributed by atoms with Gasteiger partial charge < -0.3 is 41.0 Å². The van der Waals surface area contributed by atoms with E-state index in [1.165, 1.54) is 6.07 Å². The summed E-state index contributed by atoms with van der Waals surface area (Å²) >= 11 is 10.7. The van der Waals surface area contributed by atoms with E-state index in [1.807, 2.05) is 24.3 Å². The van der Waals surface area contributed by atoms with E-state index in [0.29, 0.717) is 28.7 Å². The van der Waals surface area contributed by atoms with Gasteiger partial charge in [-0.15, -0.1) is 0 Å². The Kier molecular flexibility index (Phi) is 13.1. The van der Waals surface area contributed by atoms with Crippen molar-refractivity contribution in [1.29, 1.82) is 0 Å². The molecule has 4 rings (SSSR count). The largest absolute Gasteiger partial charge is 0.504 e. The van der Waals surface area contributed by atoms with Crippen LogP contribution >= 0.6 is 113 Å². The second kappa shape index (κ2) is 16.1. The molecule has 15 heteroatoms. The lowest BCUT2D eigenvalue weighted by atomic mass is 10.1. The number of phenolic OH excluding ortho intramolecular Hbond substituents is 1. The van der Waals surface area contributed by atoms with Gasteiger partial charge in [-0.1, -0.05) is 0 Å². The number of carboxylic acid groups (broad SMARTS) is 2. The van der Waals surface area contributed by atoms with Crippen LogP contribution < -0.4 is 25.7 Å². The molecular formula is C30H23I5N2O8. The number of carbonyl (C=O) groups is 2. The van der Waals surface area contributed by atoms with Crippen molar-refractivity contribution in [2.24, 2.45) is 11.5 Å². The van der Waals surface area contributed by atoms with Crippen molar-refractivity contribution in [2.75, 3.05) is 0 Å². The molecule has 10 nitrogen and oxygen atoms in total. The molecule has 0 aliphatic heterocycles. The first-order valence-electron chi connectivity index (χ1n) is 12.8. The SMILES string of the molecule is N[C@@H](Cc1cc(I)c(Oc2ccc(Oc3cc(Oc4c(I)cc(C[C@H](N)C(=O)O)cc4I)ccc3O)c(I)c2)c(I)c1)C(=O)O. The number of nitrogens with two attached hydrogens (primary N) is 2. The monoisotopic (exact) mass is 1170 g/mol. The van der Waals surface area contributed by atoms with Gasteiger partial charge >= 0.3 is 11.9 Å². The number of halogens is 5. The van der Waals surface area contributed by atoms with Crippen molar-refractivity contribution in [1.82, 2.24) is 0 Å². The lowest BCUT2D eigenvalue weighted by Crippen LogP contribution is -2.32. The standard InChI is InChI=1S/C30H23I5N2O8/c31-17-11-15(43-27-18(32)5-13(6-19(27)33)9-22(36)29(39)40)2-4-25(17)45-26-12-16(1-3-24(26)38)44-28-20(34)7-14(8-21(28)35)10-23(37)30(41)42/h1-8,11-12,22-23,38H,9-10,36-37H2,(H,39,40)(H,41,42)/t22-,23-/m0/s1. The number of phenols is 1. The normalized spacial score (nSPS) is 12.3. The van der Waals surface area contributed by atoms with Crippen LogP contribution in [0.1, 0.15) is 11.1 Å². The zero-order chi connectivity index (χ0) is 33.0. The van der Waals surface area contributed by atoms with E-state index in [4.69, 9.17) is 35.9 Å². The molecule has 0 aliphatic rings. The number of ether oxygens (including phenoxy) is 3. The number of hydrogen-bond acceptors (Lipinski definition) is 8. The zero-order valence-electron chi connectivity index (χ0n) is 22.8. The van der Waals surface area contributed by atoms with Gasteiger partial charge in [-0.25, -0.2) is 0 Å². The summed E-state index contributed by atoms with van der Waals surface area (Å²) in [4.78, 5) is 22.3. The molecule has 7 N–H and O–H groups in total. The van der Waals surface area contributed by atoms with Gasteiger partial charge in [0.25, 0.3) is 0 Å². The smallest absolute Gasteiger partial charge is 0.320 e. The van der Waals surface area contributed by atoms with Crippen LogP contribution in [0.15, 0.2) is 60.7 Å². The Morgan fingerprint density at radius 2 is 1.02 bits per heavy atom. The molecule has 236 valence electrons. The molecule has 0 spiro atoms. The minimum atomic E-state index is -1.06. The summed E-state index contributed by atoms with van der Waals surface area (Å²) in [5, 5.41) is 28.8. The average molecular weight is 1170 g/mol. The molecule has 4 aromatic carbocycles. The summed E-state index contributed by atoms with van der Waals surface area (Å²) in [6.45, 7) is 0. The minimum Gasteiger partial charge on any atom is -0.504 e. The van der Waals surface area contributed by atoms with Gasteiger partial charge in [0.2, 0.25) is 0 Å². The molecule has 2 atom stereocenters. The fraction of sp³-hybridized carbons (Fsp3) is 0.133. The van der Waals surface area contributed by atoms with Gasteiger partial charge in [0, 0.05) is 6.07 Å². The van der Waals surface area contributed by atoms with Gasteiger partial charge in [-0.3, -0.25) is 9.59 Å². The summed E-state index contributed by atoms with van der Waals surface area (Å²) in [5.41, 5.74) is 13.0. The Morgan fingerprint density at radius 3 is 1.44 bits per heavy atom. The maximum absolute atomic E-state index is 11.2. The Morgan fingerprint density at radius 1 is 0.600 bits per heavy atom. The van der Waals surface area contributed by atoms with Gasteiger partial charge in [0.15, 0.2) is 23.0 Å². The molecule has 0 saturated carbocycles. The Labute approximate surface area is 326 Å². The maximum Gasteiger partial charge on any atom is 0.320 e. The van der Waals surface area contributed by atoms with Crippen LogP contribution in [-0.2, 0) is 22.4 Å². The number of carboxylic acids is 2. The average Bonchev–Trinajstić information content (AvgIpc) is 2.95. The highest BCUT2D eigenvalue weighted by atomic mass is 127. The lowest BCUT2D eigenvalue weighted by molar-refractivity contribution is -0.139. The molecular weight excluding hydrogens is 1150 g/mol. The third kappa shape index (κ3) is 9.81. The lowest BCUT2D eigenvalue weighted by Gasteiger charge is -2.16. The fourth-order valence-electron chi connectivity index (χ4n) is 3.96. The second-order valence-corrected chi connectivity index (χ2v) is 15.4. The molecule has 0 heterocycles. The van der Waals surface area contributed by atoms with Crippen LogP contribution in [0.25, 0.3) is 0 Å². The number of aromatic hydroxyl groups is 1. The third-order valence-corrected chi connectivity index (χ3v) is 10.2. The minimum absolute atomic E-state index is 0.0762. The molecule has 0 unspecified atom stereocenters. The van der Waals surface area contributed by atoms with Crippen molar-refractivity contribution in [3.8, 4) is 40.2 Å². The molecule has 0 aromatic heterocycles. The van der Waals surface area contributed by atoms with Gasteiger partial charge in [-0.2, -0.15) is 0 Å². The van der Waals surface area contributed by atoms with Crippen molar-refractivity contribution in [2.45, 2.75) is 24.9 Å². The third-order valence-electron chi connectivity index (χ3n) is 6.16. The summed E-state index contributed by atoms with van der Waals surface area (Å²) in [6, 6.07) is 15.3. The number of rotatable bonds is 12. The first-order valence-corrected chi connectivity index (χ1v) is 18.2. The van der Waals surface area contributed by atoms with Crippen LogP contribution in [0.3, 0.4) is 0 Å². The van der Waals surface area contributed by atoms with Crippen molar-refractivity contribution in [3.05, 3.63) is 89.6 Å². The summed E-state index contributed by atoms with van der Waals surface area (Å²) < 4.78 is 22.3. The molecule has 4 aromatic rings. The van der Waals surface area contributed by atoms with Crippen molar-refractivity contribution in [3.63, 3.8) is 0 Å². The maximum atomic E-state index is 11.2. The predicted molar refractivity (Wildman–Crippen MR) is 210 cm³/mol. The Balaban J connectivity index is 1.49. The van der Waals surface area contributed by atoms with E-state index in [1.54, 1.807) is 30.3 Å². The van der Waals surface area contributed by atoms with Gasteiger partial charge in [0.05, 0.1) is 17.9 Å². The highest BCUT2D eigenvalue weighted by Gasteiger charge is 2.19. The summed E-state index contributed by atoms with van der Waals surface area (Å²) in [6.07, 6.45) is 0.398. The highest BCUT2D eigenvalue weighted by Crippen LogP contribution is 2.41. The summed E-state index contributed by atoms with van der Waals surface area (Å²) in [5.74, 6) is 0.695. The van der Waals surface area contributed by atoms with Gasteiger partial charge in [-0.05, 0) is 192 Å².